The van der Waals surface area contributed by atoms with Crippen LogP contribution in [0.4, 0.5) is 0 Å². The fraction of sp³-hybridized carbons (Fsp3) is 0.235. The molecule has 1 aliphatic heterocycles. The predicted octanol–water partition coefficient (Wildman–Crippen LogP) is 5.66. The fourth-order valence-corrected chi connectivity index (χ4v) is 5.82. The number of imidazole rings is 2. The Labute approximate surface area is 243 Å². The molecule has 210 valence electrons. The Morgan fingerprint density at radius 2 is 1.40 bits per heavy atom. The van der Waals surface area contributed by atoms with Gasteiger partial charge in [-0.1, -0.05) is 60.7 Å². The summed E-state index contributed by atoms with van der Waals surface area (Å²) in [6.45, 7) is 0.924. The van der Waals surface area contributed by atoms with Crippen molar-refractivity contribution in [2.45, 2.75) is 32.2 Å². The summed E-state index contributed by atoms with van der Waals surface area (Å²) in [5.41, 5.74) is 5.73. The summed E-state index contributed by atoms with van der Waals surface area (Å²) < 4.78 is 6.00. The number of likely N-dealkylation sites (tertiary alicyclic amines) is 1. The number of H-pyrrole nitrogens is 2. The van der Waals surface area contributed by atoms with Gasteiger partial charge in [0, 0.05) is 6.07 Å². The van der Waals surface area contributed by atoms with Crippen LogP contribution in [0, 0.1) is 11.8 Å². The van der Waals surface area contributed by atoms with Gasteiger partial charge in [0.25, 0.3) is 0 Å². The van der Waals surface area contributed by atoms with Crippen molar-refractivity contribution in [2.24, 2.45) is 11.8 Å². The van der Waals surface area contributed by atoms with Crippen LogP contribution in [-0.2, 0) is 29.0 Å². The highest BCUT2D eigenvalue weighted by atomic mass is 16.5. The normalized spacial score (nSPS) is 18.0. The Kier molecular flexibility index (Phi) is 6.87. The van der Waals surface area contributed by atoms with E-state index in [9.17, 15) is 9.59 Å². The fourth-order valence-electron chi connectivity index (χ4n) is 5.82. The maximum Gasteiger partial charge on any atom is 0.237 e. The summed E-state index contributed by atoms with van der Waals surface area (Å²) in [6.07, 6.45) is 10.9. The van der Waals surface area contributed by atoms with Crippen LogP contribution >= 0.6 is 0 Å². The summed E-state index contributed by atoms with van der Waals surface area (Å²) in [6, 6.07) is 22.3. The van der Waals surface area contributed by atoms with Crippen molar-refractivity contribution in [1.29, 1.82) is 0 Å². The Hall–Kier alpha value is -4.98. The van der Waals surface area contributed by atoms with Gasteiger partial charge in [0.05, 0.1) is 53.5 Å². The van der Waals surface area contributed by atoms with Gasteiger partial charge in [0.2, 0.25) is 11.8 Å². The van der Waals surface area contributed by atoms with Crippen LogP contribution < -0.4 is 4.74 Å². The SMILES string of the molecule is O=C1C2C=CC=CC2C(=O)N1Cc1ccc2nc(Cc3nc4ccc(OCCCCc5ccccc5)cc4[nH]3)[nH]c2c1. The summed E-state index contributed by atoms with van der Waals surface area (Å²) in [7, 11) is 0. The minimum atomic E-state index is -0.388. The number of hydrogen-bond donors (Lipinski definition) is 2. The third kappa shape index (κ3) is 5.23. The number of carbonyl (C=O) groups is 2. The number of nitrogens with zero attached hydrogens (tertiary/aromatic N) is 3. The highest BCUT2D eigenvalue weighted by Crippen LogP contribution is 2.32. The van der Waals surface area contributed by atoms with Crippen LogP contribution in [0.25, 0.3) is 22.1 Å². The molecule has 3 heterocycles. The summed E-state index contributed by atoms with van der Waals surface area (Å²) in [4.78, 5) is 43.3. The van der Waals surface area contributed by atoms with Crippen molar-refractivity contribution in [1.82, 2.24) is 24.8 Å². The minimum Gasteiger partial charge on any atom is -0.494 e. The summed E-state index contributed by atoms with van der Waals surface area (Å²) in [5, 5.41) is 0. The number of rotatable bonds is 10. The second-order valence-electron chi connectivity index (χ2n) is 10.9. The third-order valence-electron chi connectivity index (χ3n) is 7.98. The molecule has 1 aliphatic carbocycles. The van der Waals surface area contributed by atoms with E-state index in [2.05, 4.69) is 34.2 Å². The van der Waals surface area contributed by atoms with Gasteiger partial charge in [0.15, 0.2) is 0 Å². The van der Waals surface area contributed by atoms with Crippen LogP contribution in [0.3, 0.4) is 0 Å². The van der Waals surface area contributed by atoms with E-state index < -0.39 is 0 Å². The van der Waals surface area contributed by atoms with Crippen LogP contribution in [0.15, 0.2) is 91.0 Å². The molecule has 8 nitrogen and oxygen atoms in total. The number of aromatic amines is 2. The molecule has 5 aromatic rings. The highest BCUT2D eigenvalue weighted by Gasteiger charge is 2.45. The van der Waals surface area contributed by atoms with Gasteiger partial charge in [-0.2, -0.15) is 0 Å². The van der Waals surface area contributed by atoms with Gasteiger partial charge in [-0.15, -0.1) is 0 Å². The maximum absolute atomic E-state index is 12.8. The second kappa shape index (κ2) is 11.1. The third-order valence-corrected chi connectivity index (χ3v) is 7.98. The molecule has 2 aromatic heterocycles. The number of amides is 2. The van der Waals surface area contributed by atoms with Crippen LogP contribution in [0.1, 0.15) is 35.6 Å². The molecule has 2 aliphatic rings. The van der Waals surface area contributed by atoms with E-state index in [-0.39, 0.29) is 30.2 Å². The molecular weight excluding hydrogens is 526 g/mol. The molecule has 0 spiro atoms. The number of aromatic nitrogens is 4. The number of fused-ring (bicyclic) bond motifs is 3. The standard InChI is InChI=1S/C34H31N5O3/c40-33-25-11-4-5-12-26(25)34(41)39(33)21-23-13-15-27-29(18-23)37-31(35-27)20-32-36-28-16-14-24(19-30(28)38-32)42-17-7-6-10-22-8-2-1-3-9-22/h1-5,8-9,11-16,18-19,25-26H,6-7,10,17,20-21H2,(H,35,37)(H,36,38). The Morgan fingerprint density at radius 3 is 2.12 bits per heavy atom. The van der Waals surface area contributed by atoms with E-state index in [1.54, 1.807) is 0 Å². The number of imide groups is 1. The Morgan fingerprint density at radius 1 is 0.738 bits per heavy atom. The molecule has 2 atom stereocenters. The Bertz CT molecular complexity index is 1800. The number of nitrogens with one attached hydrogen (secondary N) is 2. The van der Waals surface area contributed by atoms with Gasteiger partial charge in [-0.25, -0.2) is 9.97 Å². The molecule has 2 N–H and O–H groups in total. The number of allylic oxidation sites excluding steroid dienone is 2. The van der Waals surface area contributed by atoms with Gasteiger partial charge >= 0.3 is 0 Å². The van der Waals surface area contributed by atoms with Gasteiger partial charge in [-0.05, 0) is 54.7 Å². The first-order valence-electron chi connectivity index (χ1n) is 14.4. The lowest BCUT2D eigenvalue weighted by atomic mass is 9.91. The van der Waals surface area contributed by atoms with Crippen LogP contribution in [0.5, 0.6) is 5.75 Å². The zero-order chi connectivity index (χ0) is 28.5. The summed E-state index contributed by atoms with van der Waals surface area (Å²) in [5.74, 6) is 1.36. The smallest absolute Gasteiger partial charge is 0.237 e. The van der Waals surface area contributed by atoms with Crippen LogP contribution in [-0.4, -0.2) is 43.3 Å². The van der Waals surface area contributed by atoms with E-state index >= 15 is 0 Å². The number of hydrogen-bond acceptors (Lipinski definition) is 5. The molecule has 8 heteroatoms. The van der Waals surface area contributed by atoms with Crippen molar-refractivity contribution < 1.29 is 14.3 Å². The highest BCUT2D eigenvalue weighted by molar-refractivity contribution is 6.07. The predicted molar refractivity (Wildman–Crippen MR) is 161 cm³/mol. The average Bonchev–Trinajstić information content (AvgIpc) is 3.67. The quantitative estimate of drug-likeness (QED) is 0.170. The molecule has 2 amide bonds. The molecule has 0 bridgehead atoms. The summed E-state index contributed by atoms with van der Waals surface area (Å²) >= 11 is 0. The molecule has 1 fully saturated rings. The molecule has 42 heavy (non-hydrogen) atoms. The Balaban J connectivity index is 0.977. The largest absolute Gasteiger partial charge is 0.494 e. The number of ether oxygens (including phenoxy) is 1. The lowest BCUT2D eigenvalue weighted by Gasteiger charge is -2.14. The van der Waals surface area contributed by atoms with E-state index in [1.807, 2.05) is 66.8 Å². The van der Waals surface area contributed by atoms with Crippen molar-refractivity contribution in [3.05, 3.63) is 114 Å². The average molecular weight is 558 g/mol. The lowest BCUT2D eigenvalue weighted by molar-refractivity contribution is -0.140. The molecule has 1 saturated heterocycles. The zero-order valence-electron chi connectivity index (χ0n) is 23.1. The first kappa shape index (κ1) is 26.0. The van der Waals surface area contributed by atoms with Crippen molar-refractivity contribution >= 4 is 33.9 Å². The van der Waals surface area contributed by atoms with Crippen molar-refractivity contribution in [2.75, 3.05) is 6.61 Å². The molecular formula is C34H31N5O3. The van der Waals surface area contributed by atoms with Gasteiger partial charge < -0.3 is 14.7 Å². The molecule has 3 aromatic carbocycles. The number of unbranched alkanes of at least 4 members (excludes halogenated alkanes) is 1. The molecule has 7 rings (SSSR count). The molecule has 2 unspecified atom stereocenters. The first-order chi connectivity index (χ1) is 20.6. The van der Waals surface area contributed by atoms with Gasteiger partial charge in [-0.3, -0.25) is 14.5 Å². The van der Waals surface area contributed by atoms with Crippen molar-refractivity contribution in [3.8, 4) is 5.75 Å². The van der Waals surface area contributed by atoms with Crippen molar-refractivity contribution in [3.63, 3.8) is 0 Å². The first-order valence-corrected chi connectivity index (χ1v) is 14.4. The van der Waals surface area contributed by atoms with E-state index in [0.717, 1.165) is 64.3 Å². The number of carbonyl (C=O) groups excluding carboxylic acids is 2. The monoisotopic (exact) mass is 557 g/mol. The number of aryl methyl sites for hydroxylation is 1. The van der Waals surface area contributed by atoms with E-state index in [4.69, 9.17) is 14.7 Å². The number of benzene rings is 3. The minimum absolute atomic E-state index is 0.141. The van der Waals surface area contributed by atoms with E-state index in [0.29, 0.717) is 13.0 Å². The zero-order valence-corrected chi connectivity index (χ0v) is 23.1. The van der Waals surface area contributed by atoms with Gasteiger partial charge in [0.1, 0.15) is 17.4 Å². The lowest BCUT2D eigenvalue weighted by Crippen LogP contribution is -2.30. The second-order valence-corrected chi connectivity index (χ2v) is 10.9. The molecule has 0 radical (unpaired) electrons. The molecule has 0 saturated carbocycles. The topological polar surface area (TPSA) is 104 Å². The maximum atomic E-state index is 12.8. The van der Waals surface area contributed by atoms with Crippen LogP contribution in [0.2, 0.25) is 0 Å². The van der Waals surface area contributed by atoms with E-state index in [1.165, 1.54) is 10.5 Å².